The summed E-state index contributed by atoms with van der Waals surface area (Å²) in [6.07, 6.45) is 70.4. The summed E-state index contributed by atoms with van der Waals surface area (Å²) in [5, 5.41) is 26.4. The van der Waals surface area contributed by atoms with Crippen LogP contribution in [0.1, 0.15) is 19.3 Å². The molecule has 21 aromatic rings. The van der Waals surface area contributed by atoms with Crippen LogP contribution >= 0.6 is 34.0 Å². The summed E-state index contributed by atoms with van der Waals surface area (Å²) in [4.78, 5) is 48.9. The average Bonchev–Trinajstić information content (AvgIpc) is 1.80. The van der Waals surface area contributed by atoms with Gasteiger partial charge >= 0.3 is 0 Å². The lowest BCUT2D eigenvalue weighted by molar-refractivity contribution is 0.567. The van der Waals surface area contributed by atoms with Crippen molar-refractivity contribution >= 4 is 101 Å². The van der Waals surface area contributed by atoms with Crippen LogP contribution in [-0.2, 0) is 0 Å². The molecule has 117 heavy (non-hydrogen) atoms. The number of rotatable bonds is 0. The summed E-state index contributed by atoms with van der Waals surface area (Å²) in [5.41, 5.74) is 9.83. The number of thiazole rings is 2. The minimum Gasteiger partial charge on any atom is -0.473 e. The van der Waals surface area contributed by atoms with Crippen molar-refractivity contribution < 1.29 is 8.83 Å². The van der Waals surface area contributed by atoms with Gasteiger partial charge in [0, 0.05) is 178 Å². The number of H-pyrrole nitrogens is 2. The highest BCUT2D eigenvalue weighted by atomic mass is 32.1. The molecular weight excluding hydrogens is 1510 g/mol. The van der Waals surface area contributed by atoms with Crippen molar-refractivity contribution in [2.45, 2.75) is 19.3 Å². The predicted octanol–water partition coefficient (Wildman–Crippen LogP) is 20.5. The maximum Gasteiger partial charge on any atom is 0.155 e. The molecule has 22 nitrogen and oxygen atoms in total. The summed E-state index contributed by atoms with van der Waals surface area (Å²) < 4.78 is 15.8. The number of nitrogens with zero attached hydrogens (tertiary/aromatic N) is 18. The number of allylic oxidation sites excluding steroid dienone is 5. The Kier molecular flexibility index (Phi) is 44.4. The van der Waals surface area contributed by atoms with Gasteiger partial charge in [-0.1, -0.05) is 140 Å². The van der Waals surface area contributed by atoms with Crippen LogP contribution in [0.3, 0.4) is 0 Å². The van der Waals surface area contributed by atoms with Crippen molar-refractivity contribution in [2.24, 2.45) is 4.99 Å². The molecule has 2 N–H and O–H groups in total. The van der Waals surface area contributed by atoms with Crippen molar-refractivity contribution in [1.82, 2.24) is 93.6 Å². The van der Waals surface area contributed by atoms with Crippen molar-refractivity contribution in [3.8, 4) is 0 Å². The molecule has 0 atom stereocenters. The zero-order valence-corrected chi connectivity index (χ0v) is 66.2. The summed E-state index contributed by atoms with van der Waals surface area (Å²) >= 11 is 4.99. The molecule has 0 spiro atoms. The molecule has 0 unspecified atom stereocenters. The van der Waals surface area contributed by atoms with E-state index >= 15 is 0 Å². The Labute approximate surface area is 689 Å². The van der Waals surface area contributed by atoms with Gasteiger partial charge in [0.15, 0.2) is 16.9 Å². The molecule has 584 valence electrons. The third-order valence-electron chi connectivity index (χ3n) is 14.3. The molecule has 24 rings (SSSR count). The molecule has 4 aromatic carbocycles. The molecule has 0 saturated carbocycles. The molecule has 18 heterocycles. The monoisotopic (exact) mass is 1600 g/mol. The molecular formula is C92H86N20O2S3. The zero-order valence-electron chi connectivity index (χ0n) is 63.7. The van der Waals surface area contributed by atoms with E-state index in [4.69, 9.17) is 0 Å². The van der Waals surface area contributed by atoms with Gasteiger partial charge in [-0.3, -0.25) is 34.9 Å². The largest absolute Gasteiger partial charge is 0.473 e. The van der Waals surface area contributed by atoms with Gasteiger partial charge in [0.05, 0.1) is 58.7 Å². The number of para-hydroxylation sites is 3. The van der Waals surface area contributed by atoms with Crippen molar-refractivity contribution in [2.75, 3.05) is 0 Å². The second kappa shape index (κ2) is 59.5. The number of aromatic amines is 2. The highest BCUT2D eigenvalue weighted by Crippen LogP contribution is 2.16. The minimum absolute atomic E-state index is 0.887. The lowest BCUT2D eigenvalue weighted by atomic mass is 10.3. The second-order valence-corrected chi connectivity index (χ2v) is 24.9. The molecule has 1 aliphatic heterocycles. The van der Waals surface area contributed by atoms with Gasteiger partial charge in [0.1, 0.15) is 0 Å². The van der Waals surface area contributed by atoms with E-state index in [-0.39, 0.29) is 0 Å². The number of fused-ring (bicyclic) bond motifs is 7. The number of pyridine rings is 2. The highest BCUT2D eigenvalue weighted by molar-refractivity contribution is 7.16. The number of aliphatic imine (C=N–C) groups is 1. The van der Waals surface area contributed by atoms with E-state index in [2.05, 4.69) is 197 Å². The van der Waals surface area contributed by atoms with Gasteiger partial charge in [-0.2, -0.15) is 31.7 Å². The fourth-order valence-electron chi connectivity index (χ4n) is 8.97. The maximum atomic E-state index is 4.58. The Balaban J connectivity index is 0.000000156. The third-order valence-corrected chi connectivity index (χ3v) is 16.2. The van der Waals surface area contributed by atoms with E-state index in [0.29, 0.717) is 0 Å². The summed E-state index contributed by atoms with van der Waals surface area (Å²) in [6.45, 7) is 0. The van der Waals surface area contributed by atoms with E-state index in [0.717, 1.165) is 41.7 Å². The molecule has 0 saturated heterocycles. The quantitative estimate of drug-likeness (QED) is 0.143. The van der Waals surface area contributed by atoms with Crippen LogP contribution in [0.5, 0.6) is 0 Å². The Bertz CT molecular complexity index is 4830. The second-order valence-electron chi connectivity index (χ2n) is 22.5. The third kappa shape index (κ3) is 39.4. The predicted molar refractivity (Wildman–Crippen MR) is 476 cm³/mol. The Hall–Kier alpha value is -15.3. The Morgan fingerprint density at radius 2 is 0.897 bits per heavy atom. The molecule has 0 fully saturated rings. The highest BCUT2D eigenvalue weighted by Gasteiger charge is 1.93. The Morgan fingerprint density at radius 1 is 0.342 bits per heavy atom. The van der Waals surface area contributed by atoms with Crippen LogP contribution in [-0.4, -0.2) is 99.8 Å². The summed E-state index contributed by atoms with van der Waals surface area (Å²) in [7, 11) is 0. The lowest BCUT2D eigenvalue weighted by Crippen LogP contribution is -2.19. The molecule has 17 aromatic heterocycles. The number of hydrogen-bond donors (Lipinski definition) is 2. The fraction of sp³-hybridized carbons (Fsp3) is 0.0326. The van der Waals surface area contributed by atoms with Crippen molar-refractivity contribution in [1.29, 1.82) is 0 Å². The van der Waals surface area contributed by atoms with Crippen LogP contribution in [0, 0.1) is 0 Å². The van der Waals surface area contributed by atoms with E-state index < -0.39 is 0 Å². The average molecular weight is 1600 g/mol. The molecule has 2 aliphatic carbocycles. The number of furan rings is 2. The van der Waals surface area contributed by atoms with E-state index in [9.17, 15) is 0 Å². The first-order chi connectivity index (χ1) is 58.3. The molecule has 0 amide bonds. The van der Waals surface area contributed by atoms with Gasteiger partial charge in [0.2, 0.25) is 0 Å². The van der Waals surface area contributed by atoms with Crippen molar-refractivity contribution in [3.63, 3.8) is 0 Å². The summed E-state index contributed by atoms with van der Waals surface area (Å²) in [6, 6.07) is 71.1. The zero-order chi connectivity index (χ0) is 80.9. The van der Waals surface area contributed by atoms with Crippen molar-refractivity contribution in [3.05, 3.63) is 466 Å². The van der Waals surface area contributed by atoms with Crippen LogP contribution in [0.2, 0.25) is 0 Å². The van der Waals surface area contributed by atoms with Gasteiger partial charge in [-0.25, -0.2) is 29.0 Å². The topological polar surface area (TPSA) is 264 Å². The Morgan fingerprint density at radius 3 is 1.35 bits per heavy atom. The van der Waals surface area contributed by atoms with Gasteiger partial charge in [0.25, 0.3) is 0 Å². The molecule has 0 radical (unpaired) electrons. The SMILES string of the molecule is C1=CCC=C1.C1=CN=CC1.C1=c2ccccc2=CC1.c1ccc2[nH]ccc2c1.c1ccc2[nH]ccc2c1.c1ccc2scnc2c1.c1ccncc1.c1ccncc1.c1ccnnc1.c1ccoc1.c1ccoc1.c1ccsc1.c1cn2ccnc2cn1.c1cnc2ccnn2c1.c1cnccn1.c1cnn2ccnc2c1.c1cscn1. The molecule has 3 aliphatic rings. The van der Waals surface area contributed by atoms with Gasteiger partial charge in [-0.15, -0.1) is 22.7 Å². The first-order valence-corrected chi connectivity index (χ1v) is 39.2. The van der Waals surface area contributed by atoms with Crippen LogP contribution in [0.4, 0.5) is 0 Å². The first-order valence-electron chi connectivity index (χ1n) is 36.4. The maximum absolute atomic E-state index is 4.58. The lowest BCUT2D eigenvalue weighted by Gasteiger charge is -1.86. The molecule has 25 heteroatoms. The number of hydrogen-bond acceptors (Lipinski definition) is 20. The fourth-order valence-corrected chi connectivity index (χ4v) is 10.5. The van der Waals surface area contributed by atoms with E-state index in [1.165, 1.54) is 36.9 Å². The number of nitrogens with one attached hydrogen (secondary N) is 2. The number of thiophene rings is 1. The van der Waals surface area contributed by atoms with Gasteiger partial charge < -0.3 is 23.2 Å². The van der Waals surface area contributed by atoms with E-state index in [1.807, 2.05) is 227 Å². The smallest absolute Gasteiger partial charge is 0.155 e. The van der Waals surface area contributed by atoms with Crippen LogP contribution < -0.4 is 10.4 Å². The number of imidazole rings is 2. The minimum atomic E-state index is 0.887. The van der Waals surface area contributed by atoms with Crippen LogP contribution in [0.15, 0.2) is 470 Å². The van der Waals surface area contributed by atoms with Gasteiger partial charge in [-0.05, 0) is 160 Å². The summed E-state index contributed by atoms with van der Waals surface area (Å²) in [5.74, 6) is 0. The van der Waals surface area contributed by atoms with Crippen LogP contribution in [0.25, 0.3) is 61.1 Å². The number of aromatic nitrogens is 19. The first kappa shape index (κ1) is 87.3. The normalized spacial score (nSPS) is 10.3. The molecule has 0 bridgehead atoms. The van der Waals surface area contributed by atoms with E-state index in [1.54, 1.807) is 191 Å². The number of benzene rings is 4. The standard InChI is InChI=1S/C9H8.2C8H7N.C7H5NS.3C6H5N3.2C5H5N.C5H6.2C4H4N2.C4H5N.2C4H4O.C4H4S.C3H3NS/c1-2-5-9-7-3-6-8(9)4-1;2*1-2-4-8-7(3-1)5-6-9-8;1-2-4-7-6(3-1)8-5-9-7;1-3-9-4-2-8-6(9)5-7-1;1-3-7-6-2-4-8-9(6)5-1;1-2-6-7-4-5-9(6)8-3-1;2*1-2-4-6-5-3-1;1-2-4-5-3-1;1-2-6-4-3-5-1;1-2-4-6-5-3-1;4*1-2-4-5-3-1;1-2-5-3-4-1/h1-2,4-7H,3H2;2*1-6,9H;4*1-5H;2*1-5H;1-4H,5H2;2*1-4H;1,3-4H,2H2;3*1-4H;1-3H.